The summed E-state index contributed by atoms with van der Waals surface area (Å²) < 4.78 is 0.837. The minimum absolute atomic E-state index is 0.0451. The van der Waals surface area contributed by atoms with Gasteiger partial charge in [-0.2, -0.15) is 0 Å². The second-order valence-electron chi connectivity index (χ2n) is 3.84. The van der Waals surface area contributed by atoms with Gasteiger partial charge in [-0.25, -0.2) is 0 Å². The fourth-order valence-corrected chi connectivity index (χ4v) is 1.93. The molecule has 0 atom stereocenters. The largest absolute Gasteiger partial charge is 0.362 e. The van der Waals surface area contributed by atoms with E-state index in [1.807, 2.05) is 30.3 Å². The molecule has 2 aromatic carbocycles. The molecule has 0 amide bonds. The summed E-state index contributed by atoms with van der Waals surface area (Å²) in [6, 6.07) is 14.6. The highest BCUT2D eigenvalue weighted by atomic mass is 79.9. The lowest BCUT2D eigenvalue weighted by molar-refractivity contribution is 0.104. The molecule has 0 bridgehead atoms. The van der Waals surface area contributed by atoms with Gasteiger partial charge >= 0.3 is 0 Å². The molecule has 4 heteroatoms. The molecule has 0 aliphatic rings. The number of hydrogen-bond acceptors (Lipinski definition) is 2. The van der Waals surface area contributed by atoms with Crippen molar-refractivity contribution in [3.05, 3.63) is 75.9 Å². The predicted octanol–water partition coefficient (Wildman–Crippen LogP) is 4.91. The topological polar surface area (TPSA) is 29.1 Å². The van der Waals surface area contributed by atoms with Gasteiger partial charge in [0.05, 0.1) is 5.02 Å². The zero-order chi connectivity index (χ0) is 13.7. The Morgan fingerprint density at radius 2 is 1.89 bits per heavy atom. The molecule has 2 nitrogen and oxygen atoms in total. The van der Waals surface area contributed by atoms with E-state index in [-0.39, 0.29) is 5.78 Å². The molecule has 0 fully saturated rings. The Labute approximate surface area is 125 Å². The Bertz CT molecular complexity index is 611. The summed E-state index contributed by atoms with van der Waals surface area (Å²) in [6.45, 7) is 0. The molecule has 0 aliphatic carbocycles. The lowest BCUT2D eigenvalue weighted by Crippen LogP contribution is -1.95. The Balaban J connectivity index is 2.00. The Morgan fingerprint density at radius 1 is 1.16 bits per heavy atom. The third-order valence-electron chi connectivity index (χ3n) is 2.46. The highest BCUT2D eigenvalue weighted by Crippen LogP contribution is 2.25. The van der Waals surface area contributed by atoms with Gasteiger partial charge in [-0.1, -0.05) is 41.9 Å². The molecule has 0 aromatic heterocycles. The van der Waals surface area contributed by atoms with Gasteiger partial charge in [-0.15, -0.1) is 0 Å². The summed E-state index contributed by atoms with van der Waals surface area (Å²) in [7, 11) is 0. The molecule has 0 saturated heterocycles. The van der Waals surface area contributed by atoms with Crippen LogP contribution in [0.25, 0.3) is 0 Å². The minimum atomic E-state index is -0.0451. The first-order valence-corrected chi connectivity index (χ1v) is 6.81. The summed E-state index contributed by atoms with van der Waals surface area (Å²) in [5.74, 6) is -0.0451. The monoisotopic (exact) mass is 335 g/mol. The van der Waals surface area contributed by atoms with E-state index in [1.165, 1.54) is 6.08 Å². The van der Waals surface area contributed by atoms with Crippen molar-refractivity contribution >= 4 is 39.0 Å². The summed E-state index contributed by atoms with van der Waals surface area (Å²) in [5, 5.41) is 3.63. The van der Waals surface area contributed by atoms with Crippen LogP contribution in [0.4, 0.5) is 5.69 Å². The van der Waals surface area contributed by atoms with Gasteiger partial charge in [-0.3, -0.25) is 4.79 Å². The fourth-order valence-electron chi connectivity index (χ4n) is 1.50. The number of anilines is 1. The third-order valence-corrected chi connectivity index (χ3v) is 3.70. The van der Waals surface area contributed by atoms with Crippen LogP contribution < -0.4 is 5.32 Å². The summed E-state index contributed by atoms with van der Waals surface area (Å²) in [5.41, 5.74) is 1.49. The van der Waals surface area contributed by atoms with Crippen molar-refractivity contribution < 1.29 is 4.79 Å². The van der Waals surface area contributed by atoms with Crippen molar-refractivity contribution in [1.82, 2.24) is 0 Å². The molecule has 2 aromatic rings. The van der Waals surface area contributed by atoms with Gasteiger partial charge in [0.2, 0.25) is 0 Å². The zero-order valence-corrected chi connectivity index (χ0v) is 12.3. The quantitative estimate of drug-likeness (QED) is 0.635. The number of rotatable bonds is 4. The number of hydrogen-bond donors (Lipinski definition) is 1. The molecule has 2 rings (SSSR count). The molecule has 0 unspecified atom stereocenters. The van der Waals surface area contributed by atoms with Crippen LogP contribution in [0.5, 0.6) is 0 Å². The molecule has 96 valence electrons. The lowest BCUT2D eigenvalue weighted by atomic mass is 10.1. The second kappa shape index (κ2) is 6.55. The van der Waals surface area contributed by atoms with Crippen LogP contribution >= 0.6 is 27.5 Å². The maximum Gasteiger partial charge on any atom is 0.187 e. The van der Waals surface area contributed by atoms with Crippen molar-refractivity contribution in [3.8, 4) is 0 Å². The predicted molar refractivity (Wildman–Crippen MR) is 82.7 cm³/mol. The van der Waals surface area contributed by atoms with E-state index in [4.69, 9.17) is 11.6 Å². The van der Waals surface area contributed by atoms with E-state index < -0.39 is 0 Å². The van der Waals surface area contributed by atoms with Gasteiger partial charge in [0.25, 0.3) is 0 Å². The molecular formula is C15H11BrClNO. The van der Waals surface area contributed by atoms with Crippen LogP contribution in [0.3, 0.4) is 0 Å². The van der Waals surface area contributed by atoms with Crippen LogP contribution in [-0.2, 0) is 0 Å². The Kier molecular flexibility index (Phi) is 4.77. The number of ketones is 1. The van der Waals surface area contributed by atoms with Crippen LogP contribution in [0, 0.1) is 0 Å². The number of carbonyl (C=O) groups excluding carboxylic acids is 1. The normalized spacial score (nSPS) is 10.6. The van der Waals surface area contributed by atoms with Gasteiger partial charge in [0.15, 0.2) is 5.78 Å². The third kappa shape index (κ3) is 3.94. The number of halogens is 2. The van der Waals surface area contributed by atoms with Crippen LogP contribution in [-0.4, -0.2) is 5.78 Å². The van der Waals surface area contributed by atoms with Crippen LogP contribution in [0.2, 0.25) is 5.02 Å². The van der Waals surface area contributed by atoms with Gasteiger partial charge in [-0.05, 0) is 34.1 Å². The molecule has 19 heavy (non-hydrogen) atoms. The summed E-state index contributed by atoms with van der Waals surface area (Å²) in [4.78, 5) is 11.8. The molecule has 0 aliphatic heterocycles. The van der Waals surface area contributed by atoms with E-state index in [0.29, 0.717) is 10.6 Å². The van der Waals surface area contributed by atoms with Crippen molar-refractivity contribution in [1.29, 1.82) is 0 Å². The molecular weight excluding hydrogens is 326 g/mol. The highest BCUT2D eigenvalue weighted by molar-refractivity contribution is 9.10. The first kappa shape index (κ1) is 13.8. The van der Waals surface area contributed by atoms with Gasteiger partial charge < -0.3 is 5.32 Å². The number of benzene rings is 2. The highest BCUT2D eigenvalue weighted by Gasteiger charge is 2.00. The van der Waals surface area contributed by atoms with Crippen molar-refractivity contribution in [2.45, 2.75) is 0 Å². The standard InChI is InChI=1S/C15H11BrClNO/c16-13-7-6-12(10-14(13)17)18-9-8-15(19)11-4-2-1-3-5-11/h1-10,18H. The second-order valence-corrected chi connectivity index (χ2v) is 5.10. The van der Waals surface area contributed by atoms with Gasteiger partial charge in [0, 0.05) is 28.0 Å². The number of nitrogens with one attached hydrogen (secondary N) is 1. The van der Waals surface area contributed by atoms with E-state index in [1.54, 1.807) is 24.4 Å². The Morgan fingerprint density at radius 3 is 2.58 bits per heavy atom. The van der Waals surface area contributed by atoms with Crippen molar-refractivity contribution in [2.24, 2.45) is 0 Å². The molecule has 1 N–H and O–H groups in total. The van der Waals surface area contributed by atoms with E-state index in [0.717, 1.165) is 10.2 Å². The van der Waals surface area contributed by atoms with Crippen LogP contribution in [0.15, 0.2) is 65.3 Å². The molecule has 0 heterocycles. The summed E-state index contributed by atoms with van der Waals surface area (Å²) >= 11 is 9.29. The van der Waals surface area contributed by atoms with E-state index in [2.05, 4.69) is 21.2 Å². The Hall–Kier alpha value is -1.58. The van der Waals surface area contributed by atoms with Crippen molar-refractivity contribution in [3.63, 3.8) is 0 Å². The SMILES string of the molecule is O=C(C=CNc1ccc(Br)c(Cl)c1)c1ccccc1. The lowest BCUT2D eigenvalue weighted by Gasteiger charge is -2.02. The van der Waals surface area contributed by atoms with Crippen LogP contribution in [0.1, 0.15) is 10.4 Å². The maximum atomic E-state index is 11.8. The zero-order valence-electron chi connectivity index (χ0n) is 9.94. The van der Waals surface area contributed by atoms with Gasteiger partial charge in [0.1, 0.15) is 0 Å². The van der Waals surface area contributed by atoms with Crippen molar-refractivity contribution in [2.75, 3.05) is 5.32 Å². The first-order chi connectivity index (χ1) is 9.16. The van der Waals surface area contributed by atoms with E-state index >= 15 is 0 Å². The number of allylic oxidation sites excluding steroid dienone is 1. The maximum absolute atomic E-state index is 11.8. The number of carbonyl (C=O) groups is 1. The van der Waals surface area contributed by atoms with E-state index in [9.17, 15) is 4.79 Å². The molecule has 0 spiro atoms. The first-order valence-electron chi connectivity index (χ1n) is 5.64. The average Bonchev–Trinajstić information content (AvgIpc) is 2.43. The fraction of sp³-hybridized carbons (Fsp3) is 0. The average molecular weight is 337 g/mol. The summed E-state index contributed by atoms with van der Waals surface area (Å²) in [6.07, 6.45) is 3.10. The molecule has 0 radical (unpaired) electrons. The minimum Gasteiger partial charge on any atom is -0.362 e. The molecule has 0 saturated carbocycles. The smallest absolute Gasteiger partial charge is 0.187 e.